The van der Waals surface area contributed by atoms with Crippen LogP contribution in [0.25, 0.3) is 0 Å². The number of carbonyl (C=O) groups excluding carboxylic acids is 1. The molecule has 2 aliphatic heterocycles. The van der Waals surface area contributed by atoms with E-state index in [1.165, 1.54) is 38.2 Å². The number of amides is 1. The number of hydrogen-bond donors (Lipinski definition) is 4. The van der Waals surface area contributed by atoms with Crippen LogP contribution in [0.3, 0.4) is 0 Å². The molecule has 0 aliphatic carbocycles. The summed E-state index contributed by atoms with van der Waals surface area (Å²) in [4.78, 5) is 60.2. The van der Waals surface area contributed by atoms with E-state index in [-0.39, 0.29) is 24.2 Å². The van der Waals surface area contributed by atoms with Gasteiger partial charge in [-0.15, -0.1) is 0 Å². The molecular formula is C30H37FN3O14P3. The average Bonchev–Trinajstić information content (AvgIpc) is 3.56. The summed E-state index contributed by atoms with van der Waals surface area (Å²) in [6, 6.07) is 15.2. The maximum Gasteiger partial charge on any atom is 0.488 e. The number of phosphoric acid groups is 2. The smallest absolute Gasteiger partial charge is 0.343 e. The first-order chi connectivity index (χ1) is 23.8. The minimum atomic E-state index is -5.60. The summed E-state index contributed by atoms with van der Waals surface area (Å²) in [5.74, 6) is -1.32. The van der Waals surface area contributed by atoms with Crippen LogP contribution in [0.5, 0.6) is 0 Å². The van der Waals surface area contributed by atoms with Gasteiger partial charge in [0.2, 0.25) is 0 Å². The zero-order valence-electron chi connectivity index (χ0n) is 27.6. The summed E-state index contributed by atoms with van der Waals surface area (Å²) in [6.07, 6.45) is -1.41. The lowest BCUT2D eigenvalue weighted by molar-refractivity contribution is -0.224. The van der Waals surface area contributed by atoms with E-state index < -0.39 is 83.2 Å². The van der Waals surface area contributed by atoms with Crippen molar-refractivity contribution in [3.63, 3.8) is 0 Å². The number of anilines is 1. The molecule has 4 N–H and O–H groups in total. The van der Waals surface area contributed by atoms with E-state index in [0.717, 1.165) is 22.3 Å². The van der Waals surface area contributed by atoms with E-state index in [9.17, 15) is 42.4 Å². The summed E-state index contributed by atoms with van der Waals surface area (Å²) in [7, 11) is -15.8. The van der Waals surface area contributed by atoms with Crippen molar-refractivity contribution in [2.45, 2.75) is 69.9 Å². The third-order valence-electron chi connectivity index (χ3n) is 8.06. The highest BCUT2D eigenvalue weighted by atomic mass is 31.3. The van der Waals surface area contributed by atoms with Crippen molar-refractivity contribution < 1.29 is 64.9 Å². The number of fused-ring (bicyclic) bond motifs is 1. The van der Waals surface area contributed by atoms with Gasteiger partial charge in [0.15, 0.2) is 12.0 Å². The minimum absolute atomic E-state index is 0.115. The molecule has 1 amide bonds. The molecule has 278 valence electrons. The largest absolute Gasteiger partial charge is 0.488 e. The summed E-state index contributed by atoms with van der Waals surface area (Å²) in [5, 5.41) is 2.46. The summed E-state index contributed by atoms with van der Waals surface area (Å²) in [5.41, 5.74) is -3.38. The summed E-state index contributed by atoms with van der Waals surface area (Å²) >= 11 is 0. The number of hydrogen-bond acceptors (Lipinski definition) is 12. The molecule has 51 heavy (non-hydrogen) atoms. The monoisotopic (exact) mass is 775 g/mol. The maximum absolute atomic E-state index is 13.4. The van der Waals surface area contributed by atoms with Gasteiger partial charge in [-0.05, 0) is 56.2 Å². The predicted molar refractivity (Wildman–Crippen MR) is 177 cm³/mol. The Morgan fingerprint density at radius 2 is 1.65 bits per heavy atom. The van der Waals surface area contributed by atoms with Crippen molar-refractivity contribution in [1.82, 2.24) is 9.55 Å². The SMILES string of the molecule is CCCCP(=O)(O)OP(=O)(O)OP(=O)(O)OCC1(C)OC(C)(n2ccc(NC(=O)c3ccc(F)cc3)nc2=O)C2OC(Cc3ccccc3)OC21. The number of halogens is 1. The normalized spacial score (nSPS) is 27.9. The van der Waals surface area contributed by atoms with Crippen molar-refractivity contribution in [3.05, 3.63) is 94.3 Å². The van der Waals surface area contributed by atoms with Crippen LogP contribution < -0.4 is 11.0 Å². The third kappa shape index (κ3) is 9.54. The second-order valence-corrected chi connectivity index (χ2v) is 17.4. The number of ether oxygens (including phenoxy) is 3. The first-order valence-electron chi connectivity index (χ1n) is 15.6. The van der Waals surface area contributed by atoms with Gasteiger partial charge in [0.1, 0.15) is 29.4 Å². The van der Waals surface area contributed by atoms with Crippen molar-refractivity contribution >= 4 is 35.0 Å². The van der Waals surface area contributed by atoms with Crippen LogP contribution in [0.2, 0.25) is 0 Å². The zero-order chi connectivity index (χ0) is 37.2. The third-order valence-corrected chi connectivity index (χ3v) is 12.9. The predicted octanol–water partition coefficient (Wildman–Crippen LogP) is 4.69. The van der Waals surface area contributed by atoms with Crippen molar-refractivity contribution in [2.75, 3.05) is 18.1 Å². The fourth-order valence-electron chi connectivity index (χ4n) is 5.70. The van der Waals surface area contributed by atoms with E-state index in [2.05, 4.69) is 18.9 Å². The average molecular weight is 776 g/mol. The number of unbranched alkanes of at least 4 members (excludes halogenated alkanes) is 1. The number of aromatic nitrogens is 2. The van der Waals surface area contributed by atoms with Gasteiger partial charge in [-0.2, -0.15) is 9.29 Å². The molecule has 1 aromatic heterocycles. The Morgan fingerprint density at radius 1 is 0.980 bits per heavy atom. The molecule has 17 nitrogen and oxygen atoms in total. The number of benzene rings is 2. The van der Waals surface area contributed by atoms with Gasteiger partial charge in [-0.3, -0.25) is 18.5 Å². The molecule has 5 rings (SSSR count). The fourth-order valence-corrected chi connectivity index (χ4v) is 10.1. The van der Waals surface area contributed by atoms with Crippen LogP contribution in [-0.2, 0) is 53.2 Å². The van der Waals surface area contributed by atoms with Crippen LogP contribution >= 0.6 is 23.2 Å². The lowest BCUT2D eigenvalue weighted by Gasteiger charge is -2.34. The molecule has 0 spiro atoms. The van der Waals surface area contributed by atoms with Crippen molar-refractivity contribution in [3.8, 4) is 0 Å². The fraction of sp³-hybridized carbons (Fsp3) is 0.433. The molecule has 3 aromatic rings. The number of rotatable bonds is 15. The Morgan fingerprint density at radius 3 is 2.29 bits per heavy atom. The van der Waals surface area contributed by atoms with Gasteiger partial charge in [0.25, 0.3) is 5.91 Å². The molecule has 0 radical (unpaired) electrons. The van der Waals surface area contributed by atoms with E-state index >= 15 is 0 Å². The maximum atomic E-state index is 13.4. The van der Waals surface area contributed by atoms with Gasteiger partial charge >= 0.3 is 28.9 Å². The van der Waals surface area contributed by atoms with Crippen LogP contribution in [0, 0.1) is 5.82 Å². The minimum Gasteiger partial charge on any atom is -0.343 e. The summed E-state index contributed by atoms with van der Waals surface area (Å²) in [6.45, 7) is 3.75. The highest BCUT2D eigenvalue weighted by Gasteiger charge is 2.66. The van der Waals surface area contributed by atoms with Crippen LogP contribution in [0.4, 0.5) is 10.2 Å². The number of phosphoric ester groups is 1. The molecule has 0 bridgehead atoms. The second kappa shape index (κ2) is 15.2. The molecule has 21 heteroatoms. The molecule has 2 saturated heterocycles. The van der Waals surface area contributed by atoms with E-state index in [1.807, 2.05) is 30.3 Å². The first kappa shape index (κ1) is 39.3. The van der Waals surface area contributed by atoms with Crippen molar-refractivity contribution in [1.29, 1.82) is 0 Å². The molecule has 0 saturated carbocycles. The van der Waals surface area contributed by atoms with E-state index in [4.69, 9.17) is 18.7 Å². The quantitative estimate of drug-likeness (QED) is 0.154. The second-order valence-electron chi connectivity index (χ2n) is 12.2. The first-order valence-corrected chi connectivity index (χ1v) is 20.4. The lowest BCUT2D eigenvalue weighted by atomic mass is 9.96. The standard InChI is InChI=1S/C30H37FN3O14P3/c1-4-5-17-49(37,38)47-51(41,42)48-50(39,40)43-19-29(2)25-26(45-24(44-25)18-20-9-7-6-8-10-20)30(3,46-29)34-16-15-23(33-28(34)36)32-27(35)21-11-13-22(31)14-12-21/h6-16,24-26H,4-5,17-19H2,1-3H3,(H,37,38)(H,39,40)(H,41,42)(H,32,33,35,36). The van der Waals surface area contributed by atoms with Crippen LogP contribution in [-0.4, -0.2) is 67.0 Å². The Labute approximate surface area is 291 Å². The van der Waals surface area contributed by atoms with Gasteiger partial charge in [-0.1, -0.05) is 43.7 Å². The topological polar surface area (TPSA) is 231 Å². The highest BCUT2D eigenvalue weighted by molar-refractivity contribution is 7.68. The Hall–Kier alpha value is -2.95. The number of carbonyl (C=O) groups is 1. The molecule has 3 heterocycles. The Kier molecular flexibility index (Phi) is 11.7. The van der Waals surface area contributed by atoms with Crippen LogP contribution in [0.1, 0.15) is 49.5 Å². The number of nitrogens with one attached hydrogen (secondary N) is 1. The molecule has 2 aromatic carbocycles. The van der Waals surface area contributed by atoms with E-state index in [0.29, 0.717) is 6.42 Å². The summed E-state index contributed by atoms with van der Waals surface area (Å²) < 4.78 is 84.2. The molecule has 2 fully saturated rings. The lowest BCUT2D eigenvalue weighted by Crippen LogP contribution is -2.48. The van der Waals surface area contributed by atoms with Crippen molar-refractivity contribution in [2.24, 2.45) is 0 Å². The molecule has 8 atom stereocenters. The van der Waals surface area contributed by atoms with E-state index in [1.54, 1.807) is 6.92 Å². The van der Waals surface area contributed by atoms with Crippen LogP contribution in [0.15, 0.2) is 71.7 Å². The van der Waals surface area contributed by atoms with Gasteiger partial charge < -0.3 is 34.2 Å². The Bertz CT molecular complexity index is 1940. The highest BCUT2D eigenvalue weighted by Crippen LogP contribution is 2.68. The van der Waals surface area contributed by atoms with Gasteiger partial charge in [-0.25, -0.2) is 22.6 Å². The number of nitrogens with zero attached hydrogens (tertiary/aromatic N) is 2. The van der Waals surface area contributed by atoms with Gasteiger partial charge in [0.05, 0.1) is 12.8 Å². The molecular weight excluding hydrogens is 738 g/mol. The Balaban J connectivity index is 1.38. The zero-order valence-corrected chi connectivity index (χ0v) is 30.2. The van der Waals surface area contributed by atoms with Gasteiger partial charge in [0, 0.05) is 18.2 Å². The molecule has 8 unspecified atom stereocenters. The molecule has 2 aliphatic rings.